The molecule has 0 spiro atoms. The van der Waals surface area contributed by atoms with Gasteiger partial charge in [-0.3, -0.25) is 9.59 Å². The van der Waals surface area contributed by atoms with Gasteiger partial charge in [-0.25, -0.2) is 12.8 Å². The second kappa shape index (κ2) is 13.5. The molecule has 2 aromatic carbocycles. The van der Waals surface area contributed by atoms with E-state index in [1.165, 1.54) is 29.0 Å². The van der Waals surface area contributed by atoms with E-state index >= 15 is 0 Å². The molecule has 0 saturated carbocycles. The summed E-state index contributed by atoms with van der Waals surface area (Å²) in [5, 5.41) is 2.92. The molecule has 9 heteroatoms. The quantitative estimate of drug-likeness (QED) is 0.421. The van der Waals surface area contributed by atoms with Gasteiger partial charge >= 0.3 is 0 Å². The van der Waals surface area contributed by atoms with Crippen LogP contribution in [0.25, 0.3) is 0 Å². The smallest absolute Gasteiger partial charge is 0.242 e. The van der Waals surface area contributed by atoms with E-state index in [0.29, 0.717) is 12.1 Å². The molecule has 2 amide bonds. The van der Waals surface area contributed by atoms with E-state index in [2.05, 4.69) is 11.4 Å². The van der Waals surface area contributed by atoms with Crippen LogP contribution in [0.15, 0.2) is 66.2 Å². The number of halogens is 1. The molecule has 200 valence electrons. The van der Waals surface area contributed by atoms with Gasteiger partial charge in [0.25, 0.3) is 0 Å². The Bertz CT molecular complexity index is 1180. The number of sulfonamides is 1. The summed E-state index contributed by atoms with van der Waals surface area (Å²) in [5.74, 6) is -1.24. The van der Waals surface area contributed by atoms with Gasteiger partial charge in [-0.2, -0.15) is 4.31 Å². The van der Waals surface area contributed by atoms with Crippen molar-refractivity contribution in [3.8, 4) is 0 Å². The van der Waals surface area contributed by atoms with Crippen molar-refractivity contribution < 1.29 is 22.4 Å². The Morgan fingerprint density at radius 2 is 1.68 bits per heavy atom. The third-order valence-corrected chi connectivity index (χ3v) is 7.74. The first-order valence-electron chi connectivity index (χ1n) is 12.6. The highest BCUT2D eigenvalue weighted by Gasteiger charge is 2.30. The number of allylic oxidation sites excluding steroid dienone is 1. The van der Waals surface area contributed by atoms with Crippen molar-refractivity contribution in [2.45, 2.75) is 58.2 Å². The highest BCUT2D eigenvalue weighted by atomic mass is 32.2. The van der Waals surface area contributed by atoms with E-state index in [1.807, 2.05) is 6.07 Å². The molecule has 0 aliphatic heterocycles. The van der Waals surface area contributed by atoms with Crippen LogP contribution >= 0.6 is 0 Å². The van der Waals surface area contributed by atoms with Crippen LogP contribution in [0, 0.1) is 5.82 Å². The van der Waals surface area contributed by atoms with Crippen LogP contribution < -0.4 is 5.32 Å². The molecule has 0 unspecified atom stereocenters. The fourth-order valence-electron chi connectivity index (χ4n) is 4.31. The van der Waals surface area contributed by atoms with Crippen molar-refractivity contribution in [1.29, 1.82) is 0 Å². The Morgan fingerprint density at radius 1 is 1.00 bits per heavy atom. The van der Waals surface area contributed by atoms with Gasteiger partial charge in [0.05, 0.1) is 12.8 Å². The second-order valence-corrected chi connectivity index (χ2v) is 11.5. The number of hydrogen-bond donors (Lipinski definition) is 1. The average Bonchev–Trinajstić information content (AvgIpc) is 2.88. The Morgan fingerprint density at radius 3 is 2.30 bits per heavy atom. The summed E-state index contributed by atoms with van der Waals surface area (Å²) in [6.07, 6.45) is 8.53. The zero-order valence-electron chi connectivity index (χ0n) is 21.5. The van der Waals surface area contributed by atoms with Gasteiger partial charge in [0.1, 0.15) is 11.9 Å². The van der Waals surface area contributed by atoms with Crippen LogP contribution in [-0.4, -0.2) is 54.8 Å². The van der Waals surface area contributed by atoms with E-state index in [0.717, 1.165) is 41.8 Å². The Balaban J connectivity index is 1.74. The third kappa shape index (κ3) is 9.09. The SMILES string of the molecule is C[C@H](C(=O)NCCC1=CCCCC1)N(Cc1ccc(F)cc1)C(=O)CN(Cc1ccccc1)S(C)(=O)=O. The van der Waals surface area contributed by atoms with E-state index in [9.17, 15) is 22.4 Å². The first-order chi connectivity index (χ1) is 17.6. The van der Waals surface area contributed by atoms with Gasteiger partial charge in [-0.1, -0.05) is 54.1 Å². The molecule has 1 N–H and O–H groups in total. The number of benzene rings is 2. The van der Waals surface area contributed by atoms with Crippen molar-refractivity contribution in [3.05, 3.63) is 83.2 Å². The van der Waals surface area contributed by atoms with Crippen LogP contribution in [0.1, 0.15) is 50.2 Å². The van der Waals surface area contributed by atoms with Crippen LogP contribution in [-0.2, 0) is 32.7 Å². The van der Waals surface area contributed by atoms with Crippen molar-refractivity contribution in [3.63, 3.8) is 0 Å². The summed E-state index contributed by atoms with van der Waals surface area (Å²) in [5.41, 5.74) is 2.72. The highest BCUT2D eigenvalue weighted by Crippen LogP contribution is 2.19. The van der Waals surface area contributed by atoms with Gasteiger partial charge in [0.2, 0.25) is 21.8 Å². The maximum absolute atomic E-state index is 13.5. The predicted octanol–water partition coefficient (Wildman–Crippen LogP) is 4.01. The number of nitrogens with zero attached hydrogens (tertiary/aromatic N) is 2. The summed E-state index contributed by atoms with van der Waals surface area (Å²) in [6.45, 7) is 1.75. The molecular weight excluding hydrogens is 493 g/mol. The summed E-state index contributed by atoms with van der Waals surface area (Å²) in [4.78, 5) is 27.9. The maximum Gasteiger partial charge on any atom is 0.242 e. The largest absolute Gasteiger partial charge is 0.354 e. The Kier molecular flexibility index (Phi) is 10.4. The first kappa shape index (κ1) is 28.5. The normalized spacial score (nSPS) is 14.6. The van der Waals surface area contributed by atoms with Gasteiger partial charge in [0.15, 0.2) is 0 Å². The third-order valence-electron chi connectivity index (χ3n) is 6.55. The number of amides is 2. The summed E-state index contributed by atoms with van der Waals surface area (Å²) < 4.78 is 39.6. The van der Waals surface area contributed by atoms with Gasteiger partial charge in [0, 0.05) is 19.6 Å². The number of nitrogens with one attached hydrogen (secondary N) is 1. The Hall–Kier alpha value is -3.04. The van der Waals surface area contributed by atoms with Gasteiger partial charge < -0.3 is 10.2 Å². The highest BCUT2D eigenvalue weighted by molar-refractivity contribution is 7.88. The van der Waals surface area contributed by atoms with E-state index in [-0.39, 0.29) is 19.0 Å². The van der Waals surface area contributed by atoms with Crippen LogP contribution in [0.2, 0.25) is 0 Å². The molecule has 0 aromatic heterocycles. The number of rotatable bonds is 12. The van der Waals surface area contributed by atoms with Gasteiger partial charge in [-0.05, 0) is 62.3 Å². The number of hydrogen-bond acceptors (Lipinski definition) is 4. The molecule has 1 atom stereocenters. The number of carbonyl (C=O) groups excluding carboxylic acids is 2. The zero-order valence-corrected chi connectivity index (χ0v) is 22.3. The minimum atomic E-state index is -3.71. The predicted molar refractivity (Wildman–Crippen MR) is 142 cm³/mol. The van der Waals surface area contributed by atoms with Gasteiger partial charge in [-0.15, -0.1) is 0 Å². The average molecular weight is 530 g/mol. The minimum absolute atomic E-state index is 0.0332. The fraction of sp³-hybridized carbons (Fsp3) is 0.429. The fourth-order valence-corrected chi connectivity index (χ4v) is 5.04. The van der Waals surface area contributed by atoms with Crippen molar-refractivity contribution in [2.24, 2.45) is 0 Å². The Labute approximate surface area is 219 Å². The zero-order chi connectivity index (χ0) is 26.8. The minimum Gasteiger partial charge on any atom is -0.354 e. The first-order valence-corrected chi connectivity index (χ1v) is 14.5. The molecule has 0 heterocycles. The molecule has 0 bridgehead atoms. The maximum atomic E-state index is 13.5. The monoisotopic (exact) mass is 529 g/mol. The molecule has 1 aliphatic carbocycles. The molecule has 7 nitrogen and oxygen atoms in total. The molecule has 0 radical (unpaired) electrons. The second-order valence-electron chi connectivity index (χ2n) is 9.49. The summed E-state index contributed by atoms with van der Waals surface area (Å²) in [6, 6.07) is 13.8. The lowest BCUT2D eigenvalue weighted by Crippen LogP contribution is -2.51. The lowest BCUT2D eigenvalue weighted by molar-refractivity contribution is -0.140. The number of carbonyl (C=O) groups is 2. The van der Waals surface area contributed by atoms with E-state index < -0.39 is 34.3 Å². The van der Waals surface area contributed by atoms with Crippen LogP contribution in [0.3, 0.4) is 0 Å². The van der Waals surface area contributed by atoms with Crippen molar-refractivity contribution >= 4 is 21.8 Å². The lowest BCUT2D eigenvalue weighted by Gasteiger charge is -2.31. The van der Waals surface area contributed by atoms with E-state index in [1.54, 1.807) is 43.3 Å². The standard InChI is InChI=1S/C28H36FN3O4S/c1-22(28(34)30-18-17-23-9-5-3-6-10-23)32(20-25-13-15-26(29)16-14-25)27(33)21-31(37(2,35)36)19-24-11-7-4-8-12-24/h4,7-9,11-16,22H,3,5-6,10,17-21H2,1-2H3,(H,30,34)/t22-/m1/s1. The molecule has 1 aliphatic rings. The summed E-state index contributed by atoms with van der Waals surface area (Å²) >= 11 is 0. The van der Waals surface area contributed by atoms with Crippen LogP contribution in [0.5, 0.6) is 0 Å². The molecule has 2 aromatic rings. The summed E-state index contributed by atoms with van der Waals surface area (Å²) in [7, 11) is -3.71. The molecule has 0 saturated heterocycles. The van der Waals surface area contributed by atoms with Crippen LogP contribution in [0.4, 0.5) is 4.39 Å². The molecular formula is C28H36FN3O4S. The molecule has 0 fully saturated rings. The topological polar surface area (TPSA) is 86.8 Å². The molecule has 37 heavy (non-hydrogen) atoms. The van der Waals surface area contributed by atoms with Crippen molar-refractivity contribution in [2.75, 3.05) is 19.3 Å². The van der Waals surface area contributed by atoms with Crippen molar-refractivity contribution in [1.82, 2.24) is 14.5 Å². The lowest BCUT2D eigenvalue weighted by atomic mass is 9.97. The molecule has 3 rings (SSSR count). The van der Waals surface area contributed by atoms with E-state index in [4.69, 9.17) is 0 Å².